The summed E-state index contributed by atoms with van der Waals surface area (Å²) in [4.78, 5) is 12.4. The Bertz CT molecular complexity index is 1360. The molecule has 0 saturated heterocycles. The van der Waals surface area contributed by atoms with Gasteiger partial charge in [0.1, 0.15) is 11.6 Å². The number of aromatic hydroxyl groups is 1. The second kappa shape index (κ2) is 12.4. The second-order valence-corrected chi connectivity index (χ2v) is 11.8. The number of benzene rings is 3. The van der Waals surface area contributed by atoms with E-state index in [2.05, 4.69) is 15.4 Å². The molecule has 0 aliphatic heterocycles. The van der Waals surface area contributed by atoms with Gasteiger partial charge in [-0.15, -0.1) is 0 Å². The molecule has 0 spiro atoms. The predicted octanol–water partition coefficient (Wildman–Crippen LogP) is 3.41. The van der Waals surface area contributed by atoms with E-state index in [0.717, 1.165) is 22.9 Å². The third-order valence-corrected chi connectivity index (χ3v) is 6.47. The molecule has 0 saturated carbocycles. The van der Waals surface area contributed by atoms with Crippen LogP contribution < -0.4 is 15.4 Å². The monoisotopic (exact) mass is 543 g/mol. The third-order valence-electron chi connectivity index (χ3n) is 5.88. The first-order valence-electron chi connectivity index (χ1n) is 12.1. The van der Waals surface area contributed by atoms with E-state index in [1.165, 1.54) is 30.3 Å². The van der Waals surface area contributed by atoms with Crippen molar-refractivity contribution in [2.75, 3.05) is 17.5 Å². The Morgan fingerprint density at radius 2 is 1.68 bits per heavy atom. The maximum absolute atomic E-state index is 13.0. The summed E-state index contributed by atoms with van der Waals surface area (Å²) >= 11 is 0. The van der Waals surface area contributed by atoms with Crippen LogP contribution >= 0.6 is 0 Å². The number of halogens is 1. The highest BCUT2D eigenvalue weighted by atomic mass is 32.2. The third kappa shape index (κ3) is 9.44. The first-order chi connectivity index (χ1) is 17.8. The molecule has 3 rings (SSSR count). The van der Waals surface area contributed by atoms with Gasteiger partial charge < -0.3 is 20.8 Å². The zero-order chi connectivity index (χ0) is 27.9. The van der Waals surface area contributed by atoms with Crippen LogP contribution in [0.1, 0.15) is 42.2 Å². The molecular weight excluding hydrogens is 509 g/mol. The van der Waals surface area contributed by atoms with E-state index < -0.39 is 21.7 Å². The maximum Gasteiger partial charge on any atom is 0.229 e. The van der Waals surface area contributed by atoms with Crippen molar-refractivity contribution >= 4 is 21.6 Å². The molecule has 0 aliphatic carbocycles. The van der Waals surface area contributed by atoms with Crippen LogP contribution in [0.25, 0.3) is 0 Å². The normalized spacial score (nSPS) is 12.7. The Morgan fingerprint density at radius 1 is 1.00 bits per heavy atom. The molecule has 1 atom stereocenters. The van der Waals surface area contributed by atoms with Crippen molar-refractivity contribution in [3.8, 4) is 5.75 Å². The SMILES string of the molecule is CC(C)(Cc1cccc(CC(=O)NCc2ccc(F)cc2)c1)NC[C@@H](O)c1ccc(O)c(NS(C)(=O)=O)c1. The van der Waals surface area contributed by atoms with Gasteiger partial charge >= 0.3 is 0 Å². The van der Waals surface area contributed by atoms with Gasteiger partial charge in [0.2, 0.25) is 15.9 Å². The molecule has 0 heterocycles. The van der Waals surface area contributed by atoms with E-state index in [0.29, 0.717) is 18.5 Å². The summed E-state index contributed by atoms with van der Waals surface area (Å²) in [5.74, 6) is -0.686. The highest BCUT2D eigenvalue weighted by Gasteiger charge is 2.21. The molecule has 204 valence electrons. The maximum atomic E-state index is 13.0. The standard InChI is InChI=1S/C28H34FN3O5S/c1-28(2,31-18-26(34)22-9-12-25(33)24(15-22)32-38(3,36)37)16-21-6-4-5-20(13-21)14-27(35)30-17-19-7-10-23(29)11-8-19/h4-13,15,26,31-34H,14,16-18H2,1-3H3,(H,30,35)/t26-/m1/s1. The zero-order valence-corrected chi connectivity index (χ0v) is 22.5. The molecule has 3 aromatic rings. The number of hydrogen-bond acceptors (Lipinski definition) is 6. The van der Waals surface area contributed by atoms with Crippen molar-refractivity contribution in [1.29, 1.82) is 0 Å². The van der Waals surface area contributed by atoms with Crippen LogP contribution in [0.3, 0.4) is 0 Å². The van der Waals surface area contributed by atoms with Crippen molar-refractivity contribution in [2.45, 2.75) is 44.9 Å². The van der Waals surface area contributed by atoms with E-state index in [1.54, 1.807) is 12.1 Å². The second-order valence-electron chi connectivity index (χ2n) is 10.0. The van der Waals surface area contributed by atoms with Crippen LogP contribution in [0.4, 0.5) is 10.1 Å². The zero-order valence-electron chi connectivity index (χ0n) is 21.7. The molecular formula is C28H34FN3O5S. The summed E-state index contributed by atoms with van der Waals surface area (Å²) in [6, 6.07) is 18.0. The van der Waals surface area contributed by atoms with Crippen molar-refractivity contribution in [2.24, 2.45) is 0 Å². The fourth-order valence-electron chi connectivity index (χ4n) is 4.01. The number of hydrogen-bond donors (Lipinski definition) is 5. The average molecular weight is 544 g/mol. The highest BCUT2D eigenvalue weighted by molar-refractivity contribution is 7.92. The smallest absolute Gasteiger partial charge is 0.229 e. The van der Waals surface area contributed by atoms with Gasteiger partial charge in [-0.1, -0.05) is 42.5 Å². The lowest BCUT2D eigenvalue weighted by Gasteiger charge is -2.28. The summed E-state index contributed by atoms with van der Waals surface area (Å²) in [6.07, 6.45) is 0.883. The molecule has 0 unspecified atom stereocenters. The molecule has 3 aromatic carbocycles. The molecule has 8 nitrogen and oxygen atoms in total. The Kier molecular flexibility index (Phi) is 9.48. The van der Waals surface area contributed by atoms with Crippen LogP contribution in [0, 0.1) is 5.82 Å². The Morgan fingerprint density at radius 3 is 2.37 bits per heavy atom. The quantitative estimate of drug-likeness (QED) is 0.223. The lowest BCUT2D eigenvalue weighted by molar-refractivity contribution is -0.120. The van der Waals surface area contributed by atoms with Gasteiger partial charge in [-0.3, -0.25) is 9.52 Å². The summed E-state index contributed by atoms with van der Waals surface area (Å²) in [6.45, 7) is 4.51. The highest BCUT2D eigenvalue weighted by Crippen LogP contribution is 2.28. The van der Waals surface area contributed by atoms with Crippen LogP contribution in [-0.2, 0) is 34.2 Å². The molecule has 5 N–H and O–H groups in total. The van der Waals surface area contributed by atoms with Crippen molar-refractivity contribution in [3.63, 3.8) is 0 Å². The molecule has 0 aromatic heterocycles. The van der Waals surface area contributed by atoms with E-state index >= 15 is 0 Å². The summed E-state index contributed by atoms with van der Waals surface area (Å²) < 4.78 is 38.3. The molecule has 0 radical (unpaired) electrons. The number of sulfonamides is 1. The molecule has 0 aliphatic rings. The summed E-state index contributed by atoms with van der Waals surface area (Å²) in [5, 5.41) is 26.8. The van der Waals surface area contributed by atoms with Gasteiger partial charge in [-0.2, -0.15) is 0 Å². The van der Waals surface area contributed by atoms with E-state index in [1.807, 2.05) is 38.1 Å². The predicted molar refractivity (Wildman–Crippen MR) is 146 cm³/mol. The number of anilines is 1. The summed E-state index contributed by atoms with van der Waals surface area (Å²) in [5.41, 5.74) is 2.75. The van der Waals surface area contributed by atoms with Crippen molar-refractivity contribution in [3.05, 3.63) is 94.8 Å². The van der Waals surface area contributed by atoms with Crippen LogP contribution in [0.15, 0.2) is 66.7 Å². The molecule has 0 bridgehead atoms. The van der Waals surface area contributed by atoms with E-state index in [4.69, 9.17) is 0 Å². The lowest BCUT2D eigenvalue weighted by atomic mass is 9.93. The number of aliphatic hydroxyl groups is 1. The van der Waals surface area contributed by atoms with Gasteiger partial charge in [0.25, 0.3) is 0 Å². The number of carbonyl (C=O) groups is 1. The number of nitrogens with one attached hydrogen (secondary N) is 3. The Hall–Kier alpha value is -3.47. The minimum atomic E-state index is -3.59. The van der Waals surface area contributed by atoms with Gasteiger partial charge in [-0.05, 0) is 66.8 Å². The number of β-amino-alcohol motifs (C(OH)–C–C–N with tert-alkyl or cyclic N) is 1. The van der Waals surface area contributed by atoms with E-state index in [9.17, 15) is 27.8 Å². The van der Waals surface area contributed by atoms with Crippen LogP contribution in [0.5, 0.6) is 5.75 Å². The average Bonchev–Trinajstić information content (AvgIpc) is 2.83. The molecule has 0 fully saturated rings. The minimum Gasteiger partial charge on any atom is -0.506 e. The first kappa shape index (κ1) is 29.1. The Labute approximate surface area is 223 Å². The van der Waals surface area contributed by atoms with E-state index in [-0.39, 0.29) is 36.1 Å². The number of rotatable bonds is 12. The first-order valence-corrected chi connectivity index (χ1v) is 14.0. The number of phenols is 1. The van der Waals surface area contributed by atoms with Gasteiger partial charge in [0.15, 0.2) is 0 Å². The fourth-order valence-corrected chi connectivity index (χ4v) is 4.57. The van der Waals surface area contributed by atoms with Crippen LogP contribution in [-0.4, -0.2) is 42.9 Å². The number of phenolic OH excluding ortho intramolecular Hbond substituents is 1. The minimum absolute atomic E-state index is 0.00169. The molecule has 10 heteroatoms. The largest absolute Gasteiger partial charge is 0.506 e. The lowest BCUT2D eigenvalue weighted by Crippen LogP contribution is -2.43. The topological polar surface area (TPSA) is 128 Å². The summed E-state index contributed by atoms with van der Waals surface area (Å²) in [7, 11) is -3.59. The number of carbonyl (C=O) groups excluding carboxylic acids is 1. The fraction of sp³-hybridized carbons (Fsp3) is 0.321. The molecule has 1 amide bonds. The van der Waals surface area contributed by atoms with Crippen molar-refractivity contribution in [1.82, 2.24) is 10.6 Å². The van der Waals surface area contributed by atoms with Crippen LogP contribution in [0.2, 0.25) is 0 Å². The van der Waals surface area contributed by atoms with Gasteiger partial charge in [-0.25, -0.2) is 12.8 Å². The number of amides is 1. The van der Waals surface area contributed by atoms with Gasteiger partial charge in [0.05, 0.1) is 24.5 Å². The van der Waals surface area contributed by atoms with Gasteiger partial charge in [0, 0.05) is 18.6 Å². The number of aliphatic hydroxyl groups excluding tert-OH is 1. The molecule has 38 heavy (non-hydrogen) atoms. The Balaban J connectivity index is 1.54. The van der Waals surface area contributed by atoms with Crippen molar-refractivity contribution < 1.29 is 27.8 Å².